The fourth-order valence-electron chi connectivity index (χ4n) is 5.84. The van der Waals surface area contributed by atoms with Crippen molar-refractivity contribution >= 4 is 35.1 Å². The Morgan fingerprint density at radius 3 is 2.60 bits per heavy atom. The van der Waals surface area contributed by atoms with E-state index in [4.69, 9.17) is 4.74 Å². The average Bonchev–Trinajstić information content (AvgIpc) is 3.54. The van der Waals surface area contributed by atoms with Gasteiger partial charge in [0.2, 0.25) is 5.91 Å². The number of nitrogens with zero attached hydrogens (tertiary/aromatic N) is 1. The van der Waals surface area contributed by atoms with Crippen LogP contribution in [0.4, 0.5) is 16.2 Å². The Kier molecular flexibility index (Phi) is 5.01. The first-order valence-corrected chi connectivity index (χ1v) is 12.0. The summed E-state index contributed by atoms with van der Waals surface area (Å²) in [6, 6.07) is 12.3. The second kappa shape index (κ2) is 8.11. The number of carbonyl (C=O) groups excluding carboxylic acids is 4. The number of hydrogen-bond acceptors (Lipinski definition) is 5. The van der Waals surface area contributed by atoms with Crippen LogP contribution in [0.5, 0.6) is 5.75 Å². The predicted molar refractivity (Wildman–Crippen MR) is 127 cm³/mol. The quantitative estimate of drug-likeness (QED) is 0.588. The molecule has 35 heavy (non-hydrogen) atoms. The van der Waals surface area contributed by atoms with E-state index in [2.05, 4.69) is 16.0 Å². The van der Waals surface area contributed by atoms with E-state index in [1.54, 1.807) is 12.1 Å². The number of carbonyl (C=O) groups is 4. The fraction of sp³-hybridized carbons (Fsp3) is 0.385. The molecule has 3 N–H and O–H groups in total. The number of para-hydroxylation sites is 2. The van der Waals surface area contributed by atoms with Crippen molar-refractivity contribution in [3.8, 4) is 5.75 Å². The zero-order chi connectivity index (χ0) is 24.2. The summed E-state index contributed by atoms with van der Waals surface area (Å²) in [5.41, 5.74) is 2.07. The van der Waals surface area contributed by atoms with Gasteiger partial charge in [0.25, 0.3) is 11.8 Å². The highest BCUT2D eigenvalue weighted by Crippen LogP contribution is 2.39. The molecule has 2 aromatic rings. The van der Waals surface area contributed by atoms with Crippen LogP contribution in [0.1, 0.15) is 36.8 Å². The van der Waals surface area contributed by atoms with Crippen LogP contribution in [0.15, 0.2) is 42.5 Å². The van der Waals surface area contributed by atoms with Crippen LogP contribution in [0.2, 0.25) is 0 Å². The lowest BCUT2D eigenvalue weighted by Crippen LogP contribution is -2.51. The van der Waals surface area contributed by atoms with E-state index in [1.807, 2.05) is 30.3 Å². The molecule has 0 bridgehead atoms. The number of nitrogens with one attached hydrogen (secondary N) is 3. The summed E-state index contributed by atoms with van der Waals surface area (Å²) in [5.74, 6) is -0.0368. The van der Waals surface area contributed by atoms with Crippen LogP contribution < -0.4 is 25.6 Å². The van der Waals surface area contributed by atoms with Gasteiger partial charge < -0.3 is 15.4 Å². The topological polar surface area (TPSA) is 117 Å². The van der Waals surface area contributed by atoms with Crippen LogP contribution in [0, 0.1) is 5.92 Å². The number of benzene rings is 2. The largest absolute Gasteiger partial charge is 0.478 e. The third-order valence-corrected chi connectivity index (χ3v) is 7.54. The van der Waals surface area contributed by atoms with Crippen molar-refractivity contribution in [1.82, 2.24) is 10.6 Å². The maximum Gasteiger partial charge on any atom is 0.322 e. The van der Waals surface area contributed by atoms with Crippen LogP contribution >= 0.6 is 0 Å². The first-order valence-electron chi connectivity index (χ1n) is 12.0. The van der Waals surface area contributed by atoms with Crippen molar-refractivity contribution in [2.45, 2.75) is 50.2 Å². The molecule has 2 unspecified atom stereocenters. The second-order valence-corrected chi connectivity index (χ2v) is 9.85. The van der Waals surface area contributed by atoms with Gasteiger partial charge >= 0.3 is 6.03 Å². The van der Waals surface area contributed by atoms with E-state index in [0.29, 0.717) is 30.0 Å². The number of hydrogen-bond donors (Lipinski definition) is 3. The summed E-state index contributed by atoms with van der Waals surface area (Å²) >= 11 is 0. The Hall–Kier alpha value is -3.88. The first kappa shape index (κ1) is 21.6. The molecule has 2 fully saturated rings. The number of amides is 5. The minimum atomic E-state index is -0.957. The minimum Gasteiger partial charge on any atom is -0.478 e. The smallest absolute Gasteiger partial charge is 0.322 e. The Balaban J connectivity index is 1.18. The van der Waals surface area contributed by atoms with Crippen LogP contribution in [-0.4, -0.2) is 41.9 Å². The predicted octanol–water partition coefficient (Wildman–Crippen LogP) is 2.29. The van der Waals surface area contributed by atoms with E-state index in [0.717, 1.165) is 36.8 Å². The highest BCUT2D eigenvalue weighted by atomic mass is 16.5. The average molecular weight is 475 g/mol. The van der Waals surface area contributed by atoms with Crippen molar-refractivity contribution in [3.63, 3.8) is 0 Å². The van der Waals surface area contributed by atoms with Crippen LogP contribution in [-0.2, 0) is 27.2 Å². The highest BCUT2D eigenvalue weighted by Gasteiger charge is 2.50. The Bertz CT molecular complexity index is 1250. The normalized spacial score (nSPS) is 25.2. The molecule has 2 atom stereocenters. The third kappa shape index (κ3) is 3.71. The lowest BCUT2D eigenvalue weighted by atomic mass is 9.96. The Labute approximate surface area is 202 Å². The molecule has 2 heterocycles. The SMILES string of the molecule is O=C(CN1C(=O)C(C2CCCC2)Oc2ccccc21)Nc1ccc2c(c1)CC1(C2)NC(=O)NC1=O. The molecule has 5 amide bonds. The van der Waals surface area contributed by atoms with E-state index in [9.17, 15) is 19.2 Å². The molecule has 6 rings (SSSR count). The van der Waals surface area contributed by atoms with Gasteiger partial charge in [0.15, 0.2) is 6.10 Å². The zero-order valence-electron chi connectivity index (χ0n) is 19.1. The standard InChI is InChI=1S/C26H26N4O5/c31-21(27-18-10-9-16-12-26(13-17(16)11-18)24(33)28-25(34)29-26)14-30-19-7-3-4-8-20(19)35-22(23(30)32)15-5-1-2-6-15/h3-4,7-11,15,22H,1-2,5-6,12-14H2,(H,27,31)(H2,28,29,33,34). The third-order valence-electron chi connectivity index (χ3n) is 7.54. The molecule has 1 spiro atoms. The van der Waals surface area contributed by atoms with Gasteiger partial charge in [-0.25, -0.2) is 4.79 Å². The lowest BCUT2D eigenvalue weighted by molar-refractivity contribution is -0.130. The van der Waals surface area contributed by atoms with Crippen molar-refractivity contribution in [3.05, 3.63) is 53.6 Å². The molecule has 2 aliphatic carbocycles. The van der Waals surface area contributed by atoms with Gasteiger partial charge in [0, 0.05) is 24.4 Å². The van der Waals surface area contributed by atoms with Gasteiger partial charge in [0.1, 0.15) is 17.8 Å². The molecule has 2 aromatic carbocycles. The van der Waals surface area contributed by atoms with Crippen molar-refractivity contribution < 1.29 is 23.9 Å². The molecule has 2 aliphatic heterocycles. The van der Waals surface area contributed by atoms with Crippen LogP contribution in [0.25, 0.3) is 0 Å². The van der Waals surface area contributed by atoms with Gasteiger partial charge in [-0.3, -0.25) is 24.6 Å². The first-order chi connectivity index (χ1) is 16.9. The molecule has 4 aliphatic rings. The van der Waals surface area contributed by atoms with E-state index in [-0.39, 0.29) is 30.2 Å². The molecular formula is C26H26N4O5. The lowest BCUT2D eigenvalue weighted by Gasteiger charge is -2.36. The number of urea groups is 1. The van der Waals surface area contributed by atoms with Crippen molar-refractivity contribution in [2.75, 3.05) is 16.8 Å². The summed E-state index contributed by atoms with van der Waals surface area (Å²) in [4.78, 5) is 51.9. The molecule has 0 radical (unpaired) electrons. The highest BCUT2D eigenvalue weighted by molar-refractivity contribution is 6.08. The molecule has 180 valence electrons. The molecule has 1 saturated heterocycles. The Morgan fingerprint density at radius 1 is 1.06 bits per heavy atom. The maximum absolute atomic E-state index is 13.4. The molecule has 1 saturated carbocycles. The maximum atomic E-state index is 13.4. The molecule has 0 aromatic heterocycles. The summed E-state index contributed by atoms with van der Waals surface area (Å²) in [6.45, 7) is -0.123. The molecule has 9 nitrogen and oxygen atoms in total. The van der Waals surface area contributed by atoms with Gasteiger partial charge in [-0.1, -0.05) is 31.0 Å². The van der Waals surface area contributed by atoms with Gasteiger partial charge in [-0.15, -0.1) is 0 Å². The number of imide groups is 1. The molecule has 9 heteroatoms. The van der Waals surface area contributed by atoms with Gasteiger partial charge in [-0.05, 0) is 48.2 Å². The second-order valence-electron chi connectivity index (χ2n) is 9.85. The number of rotatable bonds is 4. The zero-order valence-corrected chi connectivity index (χ0v) is 19.1. The number of fused-ring (bicyclic) bond motifs is 2. The number of anilines is 2. The number of ether oxygens (including phenoxy) is 1. The fourth-order valence-corrected chi connectivity index (χ4v) is 5.84. The summed E-state index contributed by atoms with van der Waals surface area (Å²) in [5, 5.41) is 7.94. The summed E-state index contributed by atoms with van der Waals surface area (Å²) < 4.78 is 6.09. The molecular weight excluding hydrogens is 448 g/mol. The van der Waals surface area contributed by atoms with Crippen LogP contribution in [0.3, 0.4) is 0 Å². The summed E-state index contributed by atoms with van der Waals surface area (Å²) in [6.07, 6.45) is 4.29. The summed E-state index contributed by atoms with van der Waals surface area (Å²) in [7, 11) is 0. The Morgan fingerprint density at radius 2 is 1.83 bits per heavy atom. The monoisotopic (exact) mass is 474 g/mol. The minimum absolute atomic E-state index is 0.123. The van der Waals surface area contributed by atoms with E-state index in [1.165, 1.54) is 4.90 Å². The van der Waals surface area contributed by atoms with E-state index < -0.39 is 17.7 Å². The van der Waals surface area contributed by atoms with Gasteiger partial charge in [-0.2, -0.15) is 0 Å². The van der Waals surface area contributed by atoms with Crippen molar-refractivity contribution in [2.24, 2.45) is 5.92 Å². The van der Waals surface area contributed by atoms with E-state index >= 15 is 0 Å². The van der Waals surface area contributed by atoms with Crippen molar-refractivity contribution in [1.29, 1.82) is 0 Å². The van der Waals surface area contributed by atoms with Gasteiger partial charge in [0.05, 0.1) is 5.69 Å².